The largest absolute Gasteiger partial charge is 0.354 e. The minimum atomic E-state index is -2.85. The van der Waals surface area contributed by atoms with Gasteiger partial charge in [0.05, 0.1) is 11.5 Å². The van der Waals surface area contributed by atoms with E-state index in [1.807, 2.05) is 11.0 Å². The molecule has 0 spiro atoms. The summed E-state index contributed by atoms with van der Waals surface area (Å²) < 4.78 is 23.5. The van der Waals surface area contributed by atoms with E-state index >= 15 is 0 Å². The second kappa shape index (κ2) is 5.52. The first-order valence-corrected chi connectivity index (χ1v) is 8.60. The predicted octanol–water partition coefficient (Wildman–Crippen LogP) is 1.43. The van der Waals surface area contributed by atoms with E-state index in [0.29, 0.717) is 13.1 Å². The molecule has 0 aliphatic carbocycles. The van der Waals surface area contributed by atoms with Crippen molar-refractivity contribution < 1.29 is 8.42 Å². The molecule has 0 radical (unpaired) electrons. The molecule has 0 bridgehead atoms. The van der Waals surface area contributed by atoms with Gasteiger partial charge in [0.1, 0.15) is 16.2 Å². The molecule has 0 aromatic carbocycles. The van der Waals surface area contributed by atoms with Gasteiger partial charge in [0.2, 0.25) is 0 Å². The average molecular weight is 334 g/mol. The number of anilines is 1. The molecule has 1 aliphatic heterocycles. The topological polar surface area (TPSA) is 63.2 Å². The molecule has 100 valence electrons. The van der Waals surface area contributed by atoms with Gasteiger partial charge in [-0.15, -0.1) is 0 Å². The highest BCUT2D eigenvalue weighted by molar-refractivity contribution is 9.10. The minimum Gasteiger partial charge on any atom is -0.354 e. The van der Waals surface area contributed by atoms with Crippen LogP contribution in [0, 0.1) is 0 Å². The van der Waals surface area contributed by atoms with Crippen LogP contribution in [-0.2, 0) is 16.3 Å². The van der Waals surface area contributed by atoms with Crippen molar-refractivity contribution in [1.29, 1.82) is 0 Å². The molecule has 5 nitrogen and oxygen atoms in total. The van der Waals surface area contributed by atoms with E-state index in [-0.39, 0.29) is 11.5 Å². The van der Waals surface area contributed by atoms with Crippen LogP contribution in [0.1, 0.15) is 19.2 Å². The number of hydrogen-bond donors (Lipinski definition) is 0. The summed E-state index contributed by atoms with van der Waals surface area (Å²) in [5, 5.41) is 0. The Hall–Kier alpha value is -0.690. The maximum Gasteiger partial charge on any atom is 0.153 e. The van der Waals surface area contributed by atoms with E-state index in [1.165, 1.54) is 0 Å². The molecule has 0 saturated carbocycles. The molecule has 7 heteroatoms. The number of sulfone groups is 1. The van der Waals surface area contributed by atoms with Crippen molar-refractivity contribution in [2.75, 3.05) is 29.5 Å². The Morgan fingerprint density at radius 1 is 1.33 bits per heavy atom. The summed E-state index contributed by atoms with van der Waals surface area (Å²) in [7, 11) is -2.85. The van der Waals surface area contributed by atoms with Crippen LogP contribution in [0.5, 0.6) is 0 Å². The molecule has 0 N–H and O–H groups in total. The van der Waals surface area contributed by atoms with E-state index < -0.39 is 9.84 Å². The van der Waals surface area contributed by atoms with Gasteiger partial charge in [-0.05, 0) is 22.4 Å². The molecule has 0 amide bonds. The summed E-state index contributed by atoms with van der Waals surface area (Å²) in [4.78, 5) is 10.8. The van der Waals surface area contributed by atoms with Gasteiger partial charge in [0.15, 0.2) is 9.84 Å². The second-order valence-corrected chi connectivity index (χ2v) is 7.47. The summed E-state index contributed by atoms with van der Waals surface area (Å²) in [5.74, 6) is 2.03. The van der Waals surface area contributed by atoms with Gasteiger partial charge in [0.25, 0.3) is 0 Å². The van der Waals surface area contributed by atoms with Crippen LogP contribution < -0.4 is 4.90 Å². The molecular weight excluding hydrogens is 318 g/mol. The SMILES string of the molecule is CCCc1nc(Br)cc(N2CCS(=O)(=O)CC2)n1. The Labute approximate surface area is 116 Å². The van der Waals surface area contributed by atoms with Crippen LogP contribution >= 0.6 is 15.9 Å². The molecule has 1 aromatic rings. The lowest BCUT2D eigenvalue weighted by molar-refractivity contribution is 0.586. The van der Waals surface area contributed by atoms with E-state index in [0.717, 1.165) is 29.1 Å². The highest BCUT2D eigenvalue weighted by Gasteiger charge is 2.23. The third kappa shape index (κ3) is 3.41. The van der Waals surface area contributed by atoms with Crippen LogP contribution in [0.4, 0.5) is 5.82 Å². The lowest BCUT2D eigenvalue weighted by atomic mass is 10.3. The van der Waals surface area contributed by atoms with Crippen molar-refractivity contribution in [3.05, 3.63) is 16.5 Å². The molecule has 1 saturated heterocycles. The van der Waals surface area contributed by atoms with Crippen LogP contribution in [0.15, 0.2) is 10.7 Å². The molecule has 2 rings (SSSR count). The molecular formula is C11H16BrN3O2S. The number of nitrogens with zero attached hydrogens (tertiary/aromatic N) is 3. The average Bonchev–Trinajstić information content (AvgIpc) is 2.28. The van der Waals surface area contributed by atoms with Gasteiger partial charge in [-0.3, -0.25) is 0 Å². The first kappa shape index (κ1) is 13.7. The van der Waals surface area contributed by atoms with Crippen LogP contribution in [0.25, 0.3) is 0 Å². The zero-order valence-electron chi connectivity index (χ0n) is 10.3. The highest BCUT2D eigenvalue weighted by atomic mass is 79.9. The number of aryl methyl sites for hydroxylation is 1. The molecule has 1 aliphatic rings. The van der Waals surface area contributed by atoms with Gasteiger partial charge in [0, 0.05) is 25.6 Å². The van der Waals surface area contributed by atoms with Gasteiger partial charge in [-0.25, -0.2) is 18.4 Å². The number of hydrogen-bond acceptors (Lipinski definition) is 5. The molecule has 2 heterocycles. The van der Waals surface area contributed by atoms with Crippen molar-refractivity contribution in [3.63, 3.8) is 0 Å². The van der Waals surface area contributed by atoms with Gasteiger partial charge < -0.3 is 4.90 Å². The van der Waals surface area contributed by atoms with Crippen molar-refractivity contribution in [1.82, 2.24) is 9.97 Å². The quantitative estimate of drug-likeness (QED) is 0.783. The van der Waals surface area contributed by atoms with Gasteiger partial charge >= 0.3 is 0 Å². The highest BCUT2D eigenvalue weighted by Crippen LogP contribution is 2.19. The second-order valence-electron chi connectivity index (χ2n) is 4.35. The Balaban J connectivity index is 2.18. The summed E-state index contributed by atoms with van der Waals surface area (Å²) in [6.07, 6.45) is 1.82. The van der Waals surface area contributed by atoms with E-state index in [2.05, 4.69) is 32.8 Å². The molecule has 0 unspecified atom stereocenters. The van der Waals surface area contributed by atoms with Crippen LogP contribution in [0.2, 0.25) is 0 Å². The van der Waals surface area contributed by atoms with E-state index in [4.69, 9.17) is 0 Å². The van der Waals surface area contributed by atoms with Gasteiger partial charge in [-0.1, -0.05) is 6.92 Å². The Kier molecular flexibility index (Phi) is 4.21. The number of aromatic nitrogens is 2. The maximum atomic E-state index is 11.4. The van der Waals surface area contributed by atoms with Crippen LogP contribution in [0.3, 0.4) is 0 Å². The number of halogens is 1. The standard InChI is InChI=1S/C11H16BrN3O2S/c1-2-3-10-13-9(12)8-11(14-10)15-4-6-18(16,17)7-5-15/h8H,2-7H2,1H3. The lowest BCUT2D eigenvalue weighted by Gasteiger charge is -2.27. The molecule has 0 atom stereocenters. The lowest BCUT2D eigenvalue weighted by Crippen LogP contribution is -2.40. The van der Waals surface area contributed by atoms with E-state index in [1.54, 1.807) is 0 Å². The summed E-state index contributed by atoms with van der Waals surface area (Å²) in [6, 6.07) is 1.84. The third-order valence-corrected chi connectivity index (χ3v) is 4.89. The molecule has 18 heavy (non-hydrogen) atoms. The van der Waals surface area contributed by atoms with Gasteiger partial charge in [-0.2, -0.15) is 0 Å². The van der Waals surface area contributed by atoms with E-state index in [9.17, 15) is 8.42 Å². The Bertz CT molecular complexity index is 519. The fraction of sp³-hybridized carbons (Fsp3) is 0.636. The van der Waals surface area contributed by atoms with Crippen molar-refractivity contribution in [2.24, 2.45) is 0 Å². The predicted molar refractivity (Wildman–Crippen MR) is 74.6 cm³/mol. The smallest absolute Gasteiger partial charge is 0.153 e. The molecule has 1 fully saturated rings. The Morgan fingerprint density at radius 3 is 2.61 bits per heavy atom. The summed E-state index contributed by atoms with van der Waals surface area (Å²) in [6.45, 7) is 3.10. The fourth-order valence-electron chi connectivity index (χ4n) is 1.89. The van der Waals surface area contributed by atoms with Crippen molar-refractivity contribution in [2.45, 2.75) is 19.8 Å². The van der Waals surface area contributed by atoms with Crippen molar-refractivity contribution >= 4 is 31.6 Å². The zero-order valence-corrected chi connectivity index (χ0v) is 12.7. The summed E-state index contributed by atoms with van der Waals surface area (Å²) in [5.41, 5.74) is 0. The fourth-order valence-corrected chi connectivity index (χ4v) is 3.50. The maximum absolute atomic E-state index is 11.4. The Morgan fingerprint density at radius 2 is 2.00 bits per heavy atom. The number of rotatable bonds is 3. The first-order valence-electron chi connectivity index (χ1n) is 5.99. The third-order valence-electron chi connectivity index (χ3n) is 2.87. The zero-order chi connectivity index (χ0) is 13.2. The van der Waals surface area contributed by atoms with Crippen LogP contribution in [-0.4, -0.2) is 43.0 Å². The normalized spacial score (nSPS) is 18.9. The minimum absolute atomic E-state index is 0.206. The molecule has 1 aromatic heterocycles. The monoisotopic (exact) mass is 333 g/mol. The summed E-state index contributed by atoms with van der Waals surface area (Å²) >= 11 is 3.38. The first-order chi connectivity index (χ1) is 8.50. The van der Waals surface area contributed by atoms with Crippen molar-refractivity contribution in [3.8, 4) is 0 Å².